The van der Waals surface area contributed by atoms with E-state index in [1.165, 1.54) is 35.4 Å². The normalized spacial score (nSPS) is 29.6. The maximum absolute atomic E-state index is 14.3. The van der Waals surface area contributed by atoms with E-state index in [2.05, 4.69) is 31.9 Å². The summed E-state index contributed by atoms with van der Waals surface area (Å²) < 4.78 is 0. The molecule has 9 N–H and O–H groups in total. The van der Waals surface area contributed by atoms with Crippen LogP contribution in [0, 0.1) is 11.8 Å². The quantitative estimate of drug-likeness (QED) is 0.117. The fourth-order valence-corrected chi connectivity index (χ4v) is 8.01. The Morgan fingerprint density at radius 1 is 0.712 bits per heavy atom. The number of rotatable bonds is 11. The zero-order valence-electron chi connectivity index (χ0n) is 35.3. The molecule has 0 radical (unpaired) electrons. The summed E-state index contributed by atoms with van der Waals surface area (Å²) in [5, 5.41) is 26.4. The van der Waals surface area contributed by atoms with E-state index in [-0.39, 0.29) is 57.0 Å². The number of carbonyl (C=O) groups is 9. The molecule has 3 saturated heterocycles. The van der Waals surface area contributed by atoms with Crippen LogP contribution in [0.25, 0.3) is 0 Å². The fourth-order valence-electron chi connectivity index (χ4n) is 7.54. The lowest BCUT2D eigenvalue weighted by Gasteiger charge is -2.34. The number of amides is 9. The number of nitrogens with zero attached hydrogens (tertiary/aromatic N) is 2. The number of aliphatic hydroxyl groups excluding tert-OH is 1. The second-order valence-electron chi connectivity index (χ2n) is 16.3. The number of primary amides is 1. The van der Waals surface area contributed by atoms with Crippen molar-refractivity contribution in [3.8, 4) is 0 Å². The topological polar surface area (TPSA) is 279 Å². The van der Waals surface area contributed by atoms with Gasteiger partial charge in [-0.15, -0.1) is 0 Å². The minimum absolute atomic E-state index is 0.0563. The van der Waals surface area contributed by atoms with Crippen molar-refractivity contribution >= 4 is 64.9 Å². The van der Waals surface area contributed by atoms with Crippen LogP contribution in [0.5, 0.6) is 0 Å². The second-order valence-corrected chi connectivity index (χ2v) is 17.3. The Morgan fingerprint density at radius 2 is 1.22 bits per heavy atom. The van der Waals surface area contributed by atoms with Gasteiger partial charge in [0, 0.05) is 19.5 Å². The van der Waals surface area contributed by atoms with Crippen LogP contribution in [0.3, 0.4) is 0 Å². The molecule has 3 rings (SSSR count). The van der Waals surface area contributed by atoms with Crippen LogP contribution in [-0.4, -0.2) is 148 Å². The average Bonchev–Trinajstić information content (AvgIpc) is 3.88. The first-order valence-electron chi connectivity index (χ1n) is 20.7. The standard InChI is InChI=1S/C39H65N9O10S/c1-8-21(4)30-39(58)48-17-10-11-27(48)35(54)43-24(13-14-29(40)50)34(53)46-31(23(6)49)37(56)41-22(5)32(51)42-25(15-18-59-7)33(52)44-26(19-20(2)3)38(57)47-16-9-12-28(47)36(55)45-30/h20-28,30-31,49H,8-19H2,1-7H3,(H2,40,50)(H,41,56)(H,42,51)(H,43,54)(H,44,52)(H,45,55)(H,46,53)/t21-,22-,23+,24-,25-,26-,27-,28-,30-,31-/m0/s1. The molecule has 0 aromatic heterocycles. The van der Waals surface area contributed by atoms with E-state index in [1.807, 2.05) is 27.0 Å². The summed E-state index contributed by atoms with van der Waals surface area (Å²) in [7, 11) is 0. The van der Waals surface area contributed by atoms with Crippen LogP contribution in [0.15, 0.2) is 0 Å². The molecule has 20 heteroatoms. The molecule has 3 fully saturated rings. The Kier molecular flexibility index (Phi) is 18.9. The van der Waals surface area contributed by atoms with Gasteiger partial charge in [-0.1, -0.05) is 34.1 Å². The maximum atomic E-state index is 14.3. The molecule has 0 saturated carbocycles. The predicted octanol–water partition coefficient (Wildman–Crippen LogP) is -1.60. The van der Waals surface area contributed by atoms with Gasteiger partial charge in [0.1, 0.15) is 48.3 Å². The number of hydrogen-bond donors (Lipinski definition) is 8. The van der Waals surface area contributed by atoms with Gasteiger partial charge in [-0.2, -0.15) is 11.8 Å². The highest BCUT2D eigenvalue weighted by Gasteiger charge is 2.44. The summed E-state index contributed by atoms with van der Waals surface area (Å²) in [6.07, 6.45) is 2.08. The highest BCUT2D eigenvalue weighted by Crippen LogP contribution is 2.25. The van der Waals surface area contributed by atoms with E-state index in [9.17, 15) is 48.3 Å². The molecule has 3 heterocycles. The summed E-state index contributed by atoms with van der Waals surface area (Å²) in [6, 6.07) is -9.58. The number of nitrogens with one attached hydrogen (secondary N) is 6. The van der Waals surface area contributed by atoms with Gasteiger partial charge in [0.15, 0.2) is 0 Å². The van der Waals surface area contributed by atoms with Gasteiger partial charge >= 0.3 is 0 Å². The van der Waals surface area contributed by atoms with E-state index in [1.54, 1.807) is 6.92 Å². The third-order valence-electron chi connectivity index (χ3n) is 11.1. The summed E-state index contributed by atoms with van der Waals surface area (Å²) in [5.74, 6) is -6.30. The molecule has 59 heavy (non-hydrogen) atoms. The van der Waals surface area contributed by atoms with Crippen molar-refractivity contribution in [3.05, 3.63) is 0 Å². The summed E-state index contributed by atoms with van der Waals surface area (Å²) >= 11 is 1.43. The van der Waals surface area contributed by atoms with Gasteiger partial charge in [0.25, 0.3) is 0 Å². The first-order valence-corrected chi connectivity index (χ1v) is 22.1. The van der Waals surface area contributed by atoms with Crippen molar-refractivity contribution < 1.29 is 48.3 Å². The average molecular weight is 852 g/mol. The summed E-state index contributed by atoms with van der Waals surface area (Å²) in [5.41, 5.74) is 5.37. The largest absolute Gasteiger partial charge is 0.391 e. The molecule has 332 valence electrons. The van der Waals surface area contributed by atoms with Gasteiger partial charge in [-0.25, -0.2) is 0 Å². The van der Waals surface area contributed by atoms with Crippen LogP contribution in [0.2, 0.25) is 0 Å². The predicted molar refractivity (Wildman–Crippen MR) is 219 cm³/mol. The maximum Gasteiger partial charge on any atom is 0.246 e. The van der Waals surface area contributed by atoms with Crippen LogP contribution in [0.4, 0.5) is 0 Å². The highest BCUT2D eigenvalue weighted by atomic mass is 32.2. The molecule has 0 spiro atoms. The molecule has 3 aliphatic rings. The summed E-state index contributed by atoms with van der Waals surface area (Å²) in [4.78, 5) is 126. The highest BCUT2D eigenvalue weighted by molar-refractivity contribution is 7.98. The minimum Gasteiger partial charge on any atom is -0.391 e. The minimum atomic E-state index is -1.63. The molecular weight excluding hydrogens is 787 g/mol. The molecule has 0 bridgehead atoms. The first kappa shape index (κ1) is 48.9. The van der Waals surface area contributed by atoms with Gasteiger partial charge < -0.3 is 52.5 Å². The Balaban J connectivity index is 2.09. The summed E-state index contributed by atoms with van der Waals surface area (Å²) in [6.45, 7) is 10.4. The molecule has 9 amide bonds. The third kappa shape index (κ3) is 13.5. The van der Waals surface area contributed by atoms with Gasteiger partial charge in [0.2, 0.25) is 53.2 Å². The monoisotopic (exact) mass is 851 g/mol. The zero-order valence-corrected chi connectivity index (χ0v) is 36.2. The number of aliphatic hydroxyl groups is 1. The Bertz CT molecular complexity index is 1560. The van der Waals surface area contributed by atoms with E-state index in [0.717, 1.165) is 0 Å². The number of thioether (sulfide) groups is 1. The van der Waals surface area contributed by atoms with Crippen molar-refractivity contribution in [1.29, 1.82) is 0 Å². The van der Waals surface area contributed by atoms with Crippen LogP contribution < -0.4 is 37.6 Å². The molecule has 0 aromatic rings. The molecule has 0 unspecified atom stereocenters. The van der Waals surface area contributed by atoms with Gasteiger partial charge in [-0.05, 0) is 82.6 Å². The smallest absolute Gasteiger partial charge is 0.246 e. The SMILES string of the molecule is CC[C@H](C)[C@@H]1NC(=O)[C@@H]2CCCN2C(=O)[C@H](CC(C)C)NC(=O)[C@H](CCSC)NC(=O)[C@H](C)NC(=O)[C@H]([C@@H](C)O)NC(=O)[C@H](CCC(N)=O)NC(=O)[C@@H]2CCCN2C1=O. The van der Waals surface area contributed by atoms with Crippen molar-refractivity contribution in [2.24, 2.45) is 17.6 Å². The van der Waals surface area contributed by atoms with E-state index in [0.29, 0.717) is 31.4 Å². The van der Waals surface area contributed by atoms with Crippen LogP contribution >= 0.6 is 11.8 Å². The fraction of sp³-hybridized carbons (Fsp3) is 0.769. The van der Waals surface area contributed by atoms with Crippen molar-refractivity contribution in [3.63, 3.8) is 0 Å². The molecule has 10 atom stereocenters. The molecule has 3 aliphatic heterocycles. The van der Waals surface area contributed by atoms with E-state index in [4.69, 9.17) is 5.73 Å². The van der Waals surface area contributed by atoms with E-state index < -0.39 is 108 Å². The Labute approximate surface area is 350 Å². The molecular formula is C39H65N9O10S. The van der Waals surface area contributed by atoms with Crippen LogP contribution in [-0.2, 0) is 43.2 Å². The lowest BCUT2D eigenvalue weighted by Crippen LogP contribution is -2.62. The lowest BCUT2D eigenvalue weighted by atomic mass is 9.96. The first-order chi connectivity index (χ1) is 27.8. The molecule has 0 aromatic carbocycles. The zero-order chi connectivity index (χ0) is 44.1. The van der Waals surface area contributed by atoms with Gasteiger partial charge in [0.05, 0.1) is 6.10 Å². The van der Waals surface area contributed by atoms with E-state index >= 15 is 0 Å². The van der Waals surface area contributed by atoms with Crippen molar-refractivity contribution in [1.82, 2.24) is 41.7 Å². The number of carbonyl (C=O) groups excluding carboxylic acids is 9. The number of nitrogens with two attached hydrogens (primary N) is 1. The van der Waals surface area contributed by atoms with Crippen LogP contribution in [0.1, 0.15) is 99.3 Å². The number of hydrogen-bond acceptors (Lipinski definition) is 11. The second kappa shape index (κ2) is 22.8. The number of fused-ring (bicyclic) bond motifs is 2. The lowest BCUT2D eigenvalue weighted by molar-refractivity contribution is -0.145. The van der Waals surface area contributed by atoms with Gasteiger partial charge in [-0.3, -0.25) is 43.2 Å². The molecule has 0 aliphatic carbocycles. The Morgan fingerprint density at radius 3 is 1.76 bits per heavy atom. The Hall–Kier alpha value is -4.46. The van der Waals surface area contributed by atoms with Crippen molar-refractivity contribution in [2.45, 2.75) is 154 Å². The molecule has 19 nitrogen and oxygen atoms in total. The third-order valence-corrected chi connectivity index (χ3v) is 11.8. The van der Waals surface area contributed by atoms with Crippen molar-refractivity contribution in [2.75, 3.05) is 25.1 Å².